The fourth-order valence-corrected chi connectivity index (χ4v) is 2.71. The molecule has 1 aliphatic rings. The smallest absolute Gasteiger partial charge is 0.0585 e. The van der Waals surface area contributed by atoms with Crippen molar-refractivity contribution in [2.24, 2.45) is 17.3 Å². The molecule has 3 atom stereocenters. The first kappa shape index (κ1) is 16.0. The SMILES string of the molecule is CC(C)CNCC(C)(CC1CCC(C)O1)C(C)C. The number of hydrogen-bond acceptors (Lipinski definition) is 2. The summed E-state index contributed by atoms with van der Waals surface area (Å²) < 4.78 is 6.01. The standard InChI is InChI=1S/C16H33NO/c1-12(2)10-17-11-16(6,13(3)4)9-15-8-7-14(5)18-15/h12-15,17H,7-11H2,1-6H3. The molecule has 0 aromatic heterocycles. The Balaban J connectivity index is 2.46. The summed E-state index contributed by atoms with van der Waals surface area (Å²) >= 11 is 0. The van der Waals surface area contributed by atoms with E-state index in [1.807, 2.05) is 0 Å². The summed E-state index contributed by atoms with van der Waals surface area (Å²) in [7, 11) is 0. The molecule has 3 unspecified atom stereocenters. The summed E-state index contributed by atoms with van der Waals surface area (Å²) in [5, 5.41) is 3.64. The van der Waals surface area contributed by atoms with Gasteiger partial charge in [-0.25, -0.2) is 0 Å². The lowest BCUT2D eigenvalue weighted by Gasteiger charge is -2.36. The van der Waals surface area contributed by atoms with Gasteiger partial charge in [-0.15, -0.1) is 0 Å². The number of rotatable bonds is 7. The molecule has 1 saturated heterocycles. The van der Waals surface area contributed by atoms with E-state index in [-0.39, 0.29) is 0 Å². The number of nitrogens with one attached hydrogen (secondary N) is 1. The van der Waals surface area contributed by atoms with Crippen molar-refractivity contribution in [1.82, 2.24) is 5.32 Å². The normalized spacial score (nSPS) is 28.0. The summed E-state index contributed by atoms with van der Waals surface area (Å²) in [5.41, 5.74) is 0.351. The van der Waals surface area contributed by atoms with Gasteiger partial charge >= 0.3 is 0 Å². The molecule has 0 aromatic carbocycles. The third-order valence-corrected chi connectivity index (χ3v) is 4.49. The second kappa shape index (κ2) is 6.91. The lowest BCUT2D eigenvalue weighted by atomic mass is 9.74. The molecule has 0 bridgehead atoms. The third-order valence-electron chi connectivity index (χ3n) is 4.49. The molecule has 0 amide bonds. The molecule has 108 valence electrons. The highest BCUT2D eigenvalue weighted by Crippen LogP contribution is 2.36. The van der Waals surface area contributed by atoms with E-state index < -0.39 is 0 Å². The molecule has 0 saturated carbocycles. The molecule has 2 heteroatoms. The van der Waals surface area contributed by atoms with Crippen molar-refractivity contribution >= 4 is 0 Å². The van der Waals surface area contributed by atoms with Crippen LogP contribution in [0.5, 0.6) is 0 Å². The molecule has 1 aliphatic heterocycles. The van der Waals surface area contributed by atoms with Gasteiger partial charge in [0.05, 0.1) is 12.2 Å². The van der Waals surface area contributed by atoms with Gasteiger partial charge in [0.15, 0.2) is 0 Å². The van der Waals surface area contributed by atoms with Crippen LogP contribution in [0.2, 0.25) is 0 Å². The molecule has 1 N–H and O–H groups in total. The van der Waals surface area contributed by atoms with Crippen LogP contribution in [-0.4, -0.2) is 25.3 Å². The first-order chi connectivity index (χ1) is 8.33. The van der Waals surface area contributed by atoms with Gasteiger partial charge in [-0.3, -0.25) is 0 Å². The molecule has 0 radical (unpaired) electrons. The molecule has 1 heterocycles. The van der Waals surface area contributed by atoms with Crippen LogP contribution in [0.4, 0.5) is 0 Å². The van der Waals surface area contributed by atoms with Crippen LogP contribution in [0.25, 0.3) is 0 Å². The Kier molecular flexibility index (Phi) is 6.13. The fourth-order valence-electron chi connectivity index (χ4n) is 2.71. The van der Waals surface area contributed by atoms with Crippen LogP contribution >= 0.6 is 0 Å². The van der Waals surface area contributed by atoms with E-state index in [1.165, 1.54) is 19.3 Å². The van der Waals surface area contributed by atoms with E-state index in [2.05, 4.69) is 46.9 Å². The minimum atomic E-state index is 0.351. The quantitative estimate of drug-likeness (QED) is 0.746. The summed E-state index contributed by atoms with van der Waals surface area (Å²) in [5.74, 6) is 1.42. The minimum absolute atomic E-state index is 0.351. The molecule has 0 spiro atoms. The van der Waals surface area contributed by atoms with E-state index >= 15 is 0 Å². The van der Waals surface area contributed by atoms with Gasteiger partial charge in [0, 0.05) is 6.54 Å². The van der Waals surface area contributed by atoms with E-state index in [0.717, 1.165) is 19.0 Å². The van der Waals surface area contributed by atoms with E-state index in [0.29, 0.717) is 23.5 Å². The molecule has 1 rings (SSSR count). The topological polar surface area (TPSA) is 21.3 Å². The second-order valence-corrected chi connectivity index (χ2v) is 7.18. The van der Waals surface area contributed by atoms with Crippen molar-refractivity contribution in [3.05, 3.63) is 0 Å². The highest BCUT2D eigenvalue weighted by atomic mass is 16.5. The summed E-state index contributed by atoms with van der Waals surface area (Å²) in [6, 6.07) is 0. The average molecular weight is 255 g/mol. The van der Waals surface area contributed by atoms with Crippen molar-refractivity contribution in [3.8, 4) is 0 Å². The van der Waals surface area contributed by atoms with Gasteiger partial charge in [-0.1, -0.05) is 34.6 Å². The second-order valence-electron chi connectivity index (χ2n) is 7.18. The van der Waals surface area contributed by atoms with E-state index in [1.54, 1.807) is 0 Å². The van der Waals surface area contributed by atoms with Crippen LogP contribution in [0.15, 0.2) is 0 Å². The van der Waals surface area contributed by atoms with Crippen LogP contribution in [0.3, 0.4) is 0 Å². The van der Waals surface area contributed by atoms with Crippen molar-refractivity contribution in [2.75, 3.05) is 13.1 Å². The van der Waals surface area contributed by atoms with E-state index in [4.69, 9.17) is 4.74 Å². The maximum absolute atomic E-state index is 6.01. The third kappa shape index (κ3) is 4.89. The molecular formula is C16H33NO. The van der Waals surface area contributed by atoms with Crippen LogP contribution < -0.4 is 5.32 Å². The Morgan fingerprint density at radius 2 is 1.89 bits per heavy atom. The van der Waals surface area contributed by atoms with Crippen molar-refractivity contribution in [2.45, 2.75) is 73.0 Å². The molecule has 18 heavy (non-hydrogen) atoms. The van der Waals surface area contributed by atoms with E-state index in [9.17, 15) is 0 Å². The number of hydrogen-bond donors (Lipinski definition) is 1. The maximum Gasteiger partial charge on any atom is 0.0585 e. The van der Waals surface area contributed by atoms with Gasteiger partial charge in [-0.2, -0.15) is 0 Å². The highest BCUT2D eigenvalue weighted by Gasteiger charge is 2.34. The first-order valence-electron chi connectivity index (χ1n) is 7.69. The number of ether oxygens (including phenoxy) is 1. The molecule has 1 fully saturated rings. The van der Waals surface area contributed by atoms with Crippen molar-refractivity contribution in [3.63, 3.8) is 0 Å². The zero-order valence-electron chi connectivity index (χ0n) is 13.3. The van der Waals surface area contributed by atoms with Crippen LogP contribution in [-0.2, 0) is 4.74 Å². The molecular weight excluding hydrogens is 222 g/mol. The Bertz CT molecular complexity index is 239. The predicted molar refractivity (Wildman–Crippen MR) is 78.8 cm³/mol. The zero-order valence-corrected chi connectivity index (χ0v) is 13.3. The largest absolute Gasteiger partial charge is 0.375 e. The van der Waals surface area contributed by atoms with Gasteiger partial charge < -0.3 is 10.1 Å². The monoisotopic (exact) mass is 255 g/mol. The summed E-state index contributed by atoms with van der Waals surface area (Å²) in [6.07, 6.45) is 4.62. The zero-order chi connectivity index (χ0) is 13.8. The van der Waals surface area contributed by atoms with Gasteiger partial charge in [-0.05, 0) is 50.0 Å². The lowest BCUT2D eigenvalue weighted by Crippen LogP contribution is -2.40. The summed E-state index contributed by atoms with van der Waals surface area (Å²) in [6.45, 7) is 16.1. The Morgan fingerprint density at radius 1 is 1.22 bits per heavy atom. The molecule has 0 aromatic rings. The first-order valence-corrected chi connectivity index (χ1v) is 7.69. The van der Waals surface area contributed by atoms with Gasteiger partial charge in [0.1, 0.15) is 0 Å². The Morgan fingerprint density at radius 3 is 2.33 bits per heavy atom. The van der Waals surface area contributed by atoms with Gasteiger partial charge in [0.25, 0.3) is 0 Å². The molecule has 2 nitrogen and oxygen atoms in total. The summed E-state index contributed by atoms with van der Waals surface area (Å²) in [4.78, 5) is 0. The fraction of sp³-hybridized carbons (Fsp3) is 1.00. The van der Waals surface area contributed by atoms with Crippen LogP contribution in [0.1, 0.15) is 60.8 Å². The molecule has 0 aliphatic carbocycles. The van der Waals surface area contributed by atoms with Crippen molar-refractivity contribution in [1.29, 1.82) is 0 Å². The highest BCUT2D eigenvalue weighted by molar-refractivity contribution is 4.86. The predicted octanol–water partition coefficient (Wildman–Crippen LogP) is 3.85. The lowest BCUT2D eigenvalue weighted by molar-refractivity contribution is 0.0135. The van der Waals surface area contributed by atoms with Crippen LogP contribution in [0, 0.1) is 17.3 Å². The van der Waals surface area contributed by atoms with Gasteiger partial charge in [0.2, 0.25) is 0 Å². The average Bonchev–Trinajstić information content (AvgIpc) is 2.62. The Hall–Kier alpha value is -0.0800. The Labute approximate surface area is 114 Å². The minimum Gasteiger partial charge on any atom is -0.375 e. The maximum atomic E-state index is 6.01. The van der Waals surface area contributed by atoms with Crippen molar-refractivity contribution < 1.29 is 4.74 Å².